The monoisotopic (exact) mass is 290 g/mol. The molecule has 0 saturated heterocycles. The Morgan fingerprint density at radius 3 is 2.90 bits per heavy atom. The minimum atomic E-state index is 0.849. The topological polar surface area (TPSA) is 32.6 Å². The van der Waals surface area contributed by atoms with Crippen LogP contribution in [0.3, 0.4) is 0 Å². The second kappa shape index (κ2) is 7.14. The zero-order valence-electron chi connectivity index (χ0n) is 12.3. The minimum Gasteiger partial charge on any atom is -0.356 e. The summed E-state index contributed by atoms with van der Waals surface area (Å²) in [6.45, 7) is 1.75. The molecule has 0 saturated carbocycles. The molecule has 0 aliphatic heterocycles. The highest BCUT2D eigenvalue weighted by molar-refractivity contribution is 7.07. The van der Waals surface area contributed by atoms with Crippen molar-refractivity contribution >= 4 is 17.3 Å². The summed E-state index contributed by atoms with van der Waals surface area (Å²) in [6.07, 6.45) is 3.09. The molecule has 2 rings (SSSR count). The predicted octanol–water partition coefficient (Wildman–Crippen LogP) is 2.34. The quantitative estimate of drug-likeness (QED) is 0.677. The molecule has 0 aliphatic carbocycles. The highest BCUT2D eigenvalue weighted by atomic mass is 32.1. The zero-order valence-corrected chi connectivity index (χ0v) is 13.2. The third-order valence-corrected chi connectivity index (χ3v) is 4.03. The molecule has 0 bridgehead atoms. The number of nitrogens with zero attached hydrogens (tertiary/aromatic N) is 3. The van der Waals surface area contributed by atoms with Crippen LogP contribution in [0.5, 0.6) is 0 Å². The molecule has 20 heavy (non-hydrogen) atoms. The van der Waals surface area contributed by atoms with E-state index in [1.807, 2.05) is 7.05 Å². The molecule has 1 N–H and O–H groups in total. The second-order valence-corrected chi connectivity index (χ2v) is 5.60. The smallest absolute Gasteiger partial charge is 0.193 e. The van der Waals surface area contributed by atoms with Crippen molar-refractivity contribution in [2.45, 2.75) is 13.0 Å². The van der Waals surface area contributed by atoms with Crippen LogP contribution < -0.4 is 5.32 Å². The minimum absolute atomic E-state index is 0.849. The molecular weight excluding hydrogens is 268 g/mol. The fraction of sp³-hybridized carbons (Fsp3) is 0.400. The van der Waals surface area contributed by atoms with Crippen molar-refractivity contribution in [2.24, 2.45) is 12.0 Å². The SMILES string of the molecule is CN=C(NCCc1ccsc1)N(C)Cc1cccn1C. The van der Waals surface area contributed by atoms with Crippen LogP contribution in [0.1, 0.15) is 11.3 Å². The number of aryl methyl sites for hydroxylation is 1. The first kappa shape index (κ1) is 14.7. The summed E-state index contributed by atoms with van der Waals surface area (Å²) >= 11 is 1.74. The molecule has 0 fully saturated rings. The van der Waals surface area contributed by atoms with E-state index in [2.05, 4.69) is 69.0 Å². The van der Waals surface area contributed by atoms with Crippen LogP contribution in [0, 0.1) is 0 Å². The first-order valence-electron chi connectivity index (χ1n) is 6.73. The molecular formula is C15H22N4S. The van der Waals surface area contributed by atoms with Gasteiger partial charge in [0.2, 0.25) is 0 Å². The fourth-order valence-electron chi connectivity index (χ4n) is 2.12. The van der Waals surface area contributed by atoms with Crippen LogP contribution in [0.25, 0.3) is 0 Å². The normalized spacial score (nSPS) is 11.7. The van der Waals surface area contributed by atoms with Gasteiger partial charge >= 0.3 is 0 Å². The van der Waals surface area contributed by atoms with Crippen LogP contribution in [0.4, 0.5) is 0 Å². The first-order chi connectivity index (χ1) is 9.70. The van der Waals surface area contributed by atoms with E-state index in [1.54, 1.807) is 11.3 Å². The van der Waals surface area contributed by atoms with Gasteiger partial charge in [-0.15, -0.1) is 0 Å². The number of guanidine groups is 1. The molecule has 0 spiro atoms. The Bertz CT molecular complexity index is 542. The molecule has 0 unspecified atom stereocenters. The third kappa shape index (κ3) is 3.87. The van der Waals surface area contributed by atoms with Crippen LogP contribution in [-0.2, 0) is 20.0 Å². The van der Waals surface area contributed by atoms with Gasteiger partial charge in [0.15, 0.2) is 5.96 Å². The third-order valence-electron chi connectivity index (χ3n) is 3.30. The van der Waals surface area contributed by atoms with E-state index in [1.165, 1.54) is 11.3 Å². The van der Waals surface area contributed by atoms with E-state index in [9.17, 15) is 0 Å². The lowest BCUT2D eigenvalue weighted by Crippen LogP contribution is -2.39. The standard InChI is InChI=1S/C15H22N4S/c1-16-15(17-8-6-13-7-10-20-12-13)19(3)11-14-5-4-9-18(14)2/h4-5,7,9-10,12H,6,8,11H2,1-3H3,(H,16,17). The number of hydrogen-bond donors (Lipinski definition) is 1. The highest BCUT2D eigenvalue weighted by Crippen LogP contribution is 2.06. The van der Waals surface area contributed by atoms with Gasteiger partial charge in [-0.25, -0.2) is 0 Å². The molecule has 0 atom stereocenters. The van der Waals surface area contributed by atoms with Gasteiger partial charge < -0.3 is 14.8 Å². The lowest BCUT2D eigenvalue weighted by atomic mass is 10.2. The van der Waals surface area contributed by atoms with Crippen molar-refractivity contribution < 1.29 is 0 Å². The Kier molecular flexibility index (Phi) is 5.24. The van der Waals surface area contributed by atoms with Gasteiger partial charge in [0.25, 0.3) is 0 Å². The van der Waals surface area contributed by atoms with E-state index in [4.69, 9.17) is 0 Å². The van der Waals surface area contributed by atoms with Crippen molar-refractivity contribution in [1.29, 1.82) is 0 Å². The Balaban J connectivity index is 1.83. The Morgan fingerprint density at radius 2 is 2.30 bits per heavy atom. The number of rotatable bonds is 5. The summed E-state index contributed by atoms with van der Waals surface area (Å²) in [5.41, 5.74) is 2.65. The lowest BCUT2D eigenvalue weighted by Gasteiger charge is -2.22. The van der Waals surface area contributed by atoms with Crippen LogP contribution >= 0.6 is 11.3 Å². The summed E-state index contributed by atoms with van der Waals surface area (Å²) in [6, 6.07) is 6.37. The molecule has 108 valence electrons. The maximum absolute atomic E-state index is 4.34. The largest absolute Gasteiger partial charge is 0.356 e. The van der Waals surface area contributed by atoms with Crippen LogP contribution in [0.2, 0.25) is 0 Å². The lowest BCUT2D eigenvalue weighted by molar-refractivity contribution is 0.462. The van der Waals surface area contributed by atoms with Gasteiger partial charge in [-0.2, -0.15) is 11.3 Å². The van der Waals surface area contributed by atoms with Gasteiger partial charge in [-0.1, -0.05) is 0 Å². The molecule has 0 aliphatic rings. The average molecular weight is 290 g/mol. The molecule has 0 amide bonds. The van der Waals surface area contributed by atoms with Crippen molar-refractivity contribution in [3.05, 3.63) is 46.4 Å². The summed E-state index contributed by atoms with van der Waals surface area (Å²) in [7, 11) is 5.96. The fourth-order valence-corrected chi connectivity index (χ4v) is 2.82. The first-order valence-corrected chi connectivity index (χ1v) is 7.68. The maximum atomic E-state index is 4.34. The summed E-state index contributed by atoms with van der Waals surface area (Å²) in [5, 5.41) is 7.72. The molecule has 2 aromatic heterocycles. The van der Waals surface area contributed by atoms with Gasteiger partial charge in [-0.05, 0) is 40.9 Å². The van der Waals surface area contributed by atoms with Crippen LogP contribution in [0.15, 0.2) is 40.1 Å². The Morgan fingerprint density at radius 1 is 1.45 bits per heavy atom. The molecule has 4 nitrogen and oxygen atoms in total. The Labute approximate surface area is 124 Å². The molecule has 0 radical (unpaired) electrons. The molecule has 2 heterocycles. The summed E-state index contributed by atoms with van der Waals surface area (Å²) < 4.78 is 2.13. The van der Waals surface area contributed by atoms with Gasteiger partial charge in [-0.3, -0.25) is 4.99 Å². The van der Waals surface area contributed by atoms with Gasteiger partial charge in [0.05, 0.1) is 6.54 Å². The van der Waals surface area contributed by atoms with Crippen molar-refractivity contribution in [1.82, 2.24) is 14.8 Å². The van der Waals surface area contributed by atoms with Gasteiger partial charge in [0, 0.05) is 39.6 Å². The summed E-state index contributed by atoms with van der Waals surface area (Å²) in [4.78, 5) is 6.48. The molecule has 2 aromatic rings. The number of aromatic nitrogens is 1. The van der Waals surface area contributed by atoms with Crippen molar-refractivity contribution in [2.75, 3.05) is 20.6 Å². The van der Waals surface area contributed by atoms with E-state index >= 15 is 0 Å². The molecule has 0 aromatic carbocycles. The highest BCUT2D eigenvalue weighted by Gasteiger charge is 2.07. The van der Waals surface area contributed by atoms with E-state index in [0.717, 1.165) is 25.5 Å². The number of nitrogens with one attached hydrogen (secondary N) is 1. The molecule has 5 heteroatoms. The number of thiophene rings is 1. The average Bonchev–Trinajstić information content (AvgIpc) is 3.07. The van der Waals surface area contributed by atoms with Crippen molar-refractivity contribution in [3.63, 3.8) is 0 Å². The van der Waals surface area contributed by atoms with E-state index in [-0.39, 0.29) is 0 Å². The van der Waals surface area contributed by atoms with E-state index in [0.29, 0.717) is 0 Å². The van der Waals surface area contributed by atoms with Crippen molar-refractivity contribution in [3.8, 4) is 0 Å². The number of hydrogen-bond acceptors (Lipinski definition) is 2. The maximum Gasteiger partial charge on any atom is 0.193 e. The zero-order chi connectivity index (χ0) is 14.4. The number of aliphatic imine (C=N–C) groups is 1. The second-order valence-electron chi connectivity index (χ2n) is 4.82. The van der Waals surface area contributed by atoms with Gasteiger partial charge in [0.1, 0.15) is 0 Å². The van der Waals surface area contributed by atoms with Crippen LogP contribution in [-0.4, -0.2) is 36.1 Å². The predicted molar refractivity (Wildman–Crippen MR) is 86.3 cm³/mol. The van der Waals surface area contributed by atoms with E-state index < -0.39 is 0 Å². The Hall–Kier alpha value is -1.75. The summed E-state index contributed by atoms with van der Waals surface area (Å²) in [5.74, 6) is 0.932.